The van der Waals surface area contributed by atoms with E-state index in [0.29, 0.717) is 11.5 Å². The number of benzene rings is 2. The van der Waals surface area contributed by atoms with Crippen molar-refractivity contribution >= 4 is 52.1 Å². The predicted molar refractivity (Wildman–Crippen MR) is 180 cm³/mol. The minimum Gasteiger partial charge on any atom is -0.460 e. The van der Waals surface area contributed by atoms with Gasteiger partial charge in [-0.05, 0) is 63.0 Å². The van der Waals surface area contributed by atoms with Gasteiger partial charge in [-0.25, -0.2) is 33.9 Å². The molecule has 12 nitrogen and oxygen atoms in total. The van der Waals surface area contributed by atoms with Gasteiger partial charge in [-0.15, -0.1) is 5.10 Å². The number of esters is 2. The van der Waals surface area contributed by atoms with E-state index in [1.54, 1.807) is 30.1 Å². The number of nitrogens with zero attached hydrogens (tertiary/aromatic N) is 7. The first-order valence-corrected chi connectivity index (χ1v) is 15.1. The molecule has 0 amide bonds. The Kier molecular flexibility index (Phi) is 15.1. The van der Waals surface area contributed by atoms with Crippen LogP contribution in [0.1, 0.15) is 38.8 Å². The van der Waals surface area contributed by atoms with Crippen LogP contribution in [0.15, 0.2) is 65.3 Å². The molecule has 4 rings (SSSR count). The number of hydrogen-bond donors (Lipinski definition) is 1. The molecule has 0 radical (unpaired) electrons. The first-order valence-electron chi connectivity index (χ1n) is 13.9. The van der Waals surface area contributed by atoms with Gasteiger partial charge in [0.15, 0.2) is 23.0 Å². The van der Waals surface area contributed by atoms with Crippen LogP contribution in [0.2, 0.25) is 0 Å². The van der Waals surface area contributed by atoms with Crippen molar-refractivity contribution in [2.24, 2.45) is 0 Å². The smallest absolute Gasteiger partial charge is 0.415 e. The van der Waals surface area contributed by atoms with E-state index in [0.717, 1.165) is 23.3 Å². The highest BCUT2D eigenvalue weighted by Gasteiger charge is 2.31. The third kappa shape index (κ3) is 13.6. The lowest BCUT2D eigenvalue weighted by molar-refractivity contribution is -0.142. The van der Waals surface area contributed by atoms with Crippen molar-refractivity contribution in [2.75, 3.05) is 0 Å². The molecule has 48 heavy (non-hydrogen) atoms. The third-order valence-corrected chi connectivity index (χ3v) is 5.65. The number of carbonyl (C=O) groups excluding carboxylic acids is 2. The van der Waals surface area contributed by atoms with E-state index in [1.165, 1.54) is 41.8 Å². The molecule has 0 saturated heterocycles. The van der Waals surface area contributed by atoms with Crippen LogP contribution >= 0.6 is 22.6 Å². The second-order valence-corrected chi connectivity index (χ2v) is 10.7. The fourth-order valence-corrected chi connectivity index (χ4v) is 3.78. The highest BCUT2D eigenvalue weighted by atomic mass is 127. The number of halogens is 4. The lowest BCUT2D eigenvalue weighted by Gasteiger charge is -2.08. The largest absolute Gasteiger partial charge is 0.460 e. The first-order chi connectivity index (χ1) is 22.6. The van der Waals surface area contributed by atoms with Crippen LogP contribution in [0.4, 0.5) is 24.5 Å². The van der Waals surface area contributed by atoms with Gasteiger partial charge in [-0.2, -0.15) is 18.3 Å². The highest BCUT2D eigenvalue weighted by molar-refractivity contribution is 14.1. The average Bonchev–Trinajstić information content (AvgIpc) is 3.72. The fraction of sp³-hybridized carbons (Fsp3) is 0.250. The second-order valence-electron chi connectivity index (χ2n) is 10.0. The maximum atomic E-state index is 12.6. The van der Waals surface area contributed by atoms with Crippen LogP contribution in [0.25, 0.3) is 38.7 Å². The molecule has 0 aliphatic rings. The quantitative estimate of drug-likeness (QED) is 0.0861. The van der Waals surface area contributed by atoms with Crippen LogP contribution in [0, 0.1) is 20.1 Å². The van der Waals surface area contributed by atoms with Gasteiger partial charge in [0.1, 0.15) is 12.7 Å². The molecule has 0 aliphatic heterocycles. The summed E-state index contributed by atoms with van der Waals surface area (Å²) in [5.74, 6) is -0.0197. The molecule has 0 saturated carbocycles. The van der Waals surface area contributed by atoms with Crippen molar-refractivity contribution in [3.8, 4) is 22.8 Å². The summed E-state index contributed by atoms with van der Waals surface area (Å²) in [7, 11) is 0. The predicted octanol–water partition coefficient (Wildman–Crippen LogP) is 8.15. The molecule has 1 N–H and O–H groups in total. The van der Waals surface area contributed by atoms with Crippen molar-refractivity contribution in [1.82, 2.24) is 29.9 Å². The summed E-state index contributed by atoms with van der Waals surface area (Å²) in [6.07, 6.45) is 2.16. The van der Waals surface area contributed by atoms with Gasteiger partial charge in [0, 0.05) is 35.0 Å². The number of ether oxygens (including phenoxy) is 2. The SMILES string of the molecule is CC(C)OC(=O)/C=C\I.[C-]#[N+]c1cc(-c2ncn[nH]2)cc(C(F)(F)F)c1.[C-]#[N+]c1cc(C)cc(-c2ncn(/C=C\C(=O)OC(C)C)n2)c1. The van der Waals surface area contributed by atoms with Crippen molar-refractivity contribution in [3.63, 3.8) is 0 Å². The van der Waals surface area contributed by atoms with Crippen molar-refractivity contribution in [3.05, 3.63) is 99.2 Å². The van der Waals surface area contributed by atoms with Crippen LogP contribution in [0.5, 0.6) is 0 Å². The molecule has 0 fully saturated rings. The lowest BCUT2D eigenvalue weighted by Crippen LogP contribution is -2.08. The van der Waals surface area contributed by atoms with E-state index < -0.39 is 17.7 Å². The summed E-state index contributed by atoms with van der Waals surface area (Å²) in [4.78, 5) is 36.3. The summed E-state index contributed by atoms with van der Waals surface area (Å²) < 4.78 is 50.5. The Labute approximate surface area is 288 Å². The summed E-state index contributed by atoms with van der Waals surface area (Å²) in [5, 5.41) is 10.3. The van der Waals surface area contributed by atoms with Gasteiger partial charge in [-0.1, -0.05) is 40.3 Å². The molecule has 4 aromatic rings. The maximum Gasteiger partial charge on any atom is 0.415 e. The molecule has 0 bridgehead atoms. The fourth-order valence-electron chi connectivity index (χ4n) is 3.49. The Morgan fingerprint density at radius 2 is 1.52 bits per heavy atom. The van der Waals surface area contributed by atoms with E-state index in [4.69, 9.17) is 22.6 Å². The van der Waals surface area contributed by atoms with Gasteiger partial charge >= 0.3 is 18.1 Å². The van der Waals surface area contributed by atoms with Gasteiger partial charge < -0.3 is 9.47 Å². The molecule has 2 heterocycles. The van der Waals surface area contributed by atoms with E-state index in [9.17, 15) is 22.8 Å². The summed E-state index contributed by atoms with van der Waals surface area (Å²) in [6.45, 7) is 23.0. The zero-order valence-electron chi connectivity index (χ0n) is 26.4. The van der Waals surface area contributed by atoms with Crippen molar-refractivity contribution in [2.45, 2.75) is 53.0 Å². The van der Waals surface area contributed by atoms with Crippen LogP contribution in [0.3, 0.4) is 0 Å². The Morgan fingerprint density at radius 1 is 0.917 bits per heavy atom. The third-order valence-electron chi connectivity index (χ3n) is 5.29. The molecular weight excluding hydrogens is 744 g/mol. The van der Waals surface area contributed by atoms with Gasteiger partial charge in [0.25, 0.3) is 0 Å². The van der Waals surface area contributed by atoms with E-state index >= 15 is 0 Å². The summed E-state index contributed by atoms with van der Waals surface area (Å²) >= 11 is 1.97. The number of H-pyrrole nitrogens is 1. The number of alkyl halides is 3. The molecule has 16 heteroatoms. The number of hydrogen-bond acceptors (Lipinski definition) is 8. The maximum absolute atomic E-state index is 12.6. The summed E-state index contributed by atoms with van der Waals surface area (Å²) in [6, 6.07) is 8.49. The van der Waals surface area contributed by atoms with Gasteiger partial charge in [0.05, 0.1) is 25.4 Å². The first kappa shape index (κ1) is 38.8. The Hall–Kier alpha value is -5.36. The Bertz CT molecular complexity index is 1820. The number of carbonyl (C=O) groups is 2. The van der Waals surface area contributed by atoms with E-state index in [1.807, 2.05) is 49.4 Å². The molecule has 0 atom stereocenters. The van der Waals surface area contributed by atoms with Crippen LogP contribution < -0.4 is 0 Å². The number of nitrogens with one attached hydrogen (secondary N) is 1. The molecular formula is C32H30F3IN8O4. The van der Waals surface area contributed by atoms with Crippen molar-refractivity contribution in [1.29, 1.82) is 0 Å². The van der Waals surface area contributed by atoms with Crippen LogP contribution in [-0.2, 0) is 25.2 Å². The zero-order valence-corrected chi connectivity index (χ0v) is 28.5. The van der Waals surface area contributed by atoms with Gasteiger partial charge in [0.2, 0.25) is 0 Å². The van der Waals surface area contributed by atoms with Crippen molar-refractivity contribution < 1.29 is 32.2 Å². The molecule has 250 valence electrons. The number of aromatic nitrogens is 6. The molecule has 2 aromatic carbocycles. The monoisotopic (exact) mass is 774 g/mol. The number of rotatable bonds is 7. The van der Waals surface area contributed by atoms with E-state index in [2.05, 4.69) is 35.0 Å². The highest BCUT2D eigenvalue weighted by Crippen LogP contribution is 2.34. The average molecular weight is 775 g/mol. The molecule has 0 unspecified atom stereocenters. The molecule has 0 spiro atoms. The molecule has 2 aromatic heterocycles. The number of aryl methyl sites for hydroxylation is 1. The normalized spacial score (nSPS) is 10.9. The number of aromatic amines is 1. The second kappa shape index (κ2) is 18.7. The zero-order chi connectivity index (χ0) is 35.9. The standard InChI is InChI=1S/C16H16N4O2.C10H5F3N4.C6H9IO2/c1-11(2)22-15(21)5-6-20-10-18-16(19-20)13-7-12(3)8-14(9-13)17-4;1-14-8-3-6(9-15-5-16-17-9)2-7(4-8)10(11,12)13;1-5(2)9-6(8)3-4-7/h5-11H,1-3H3;2-5H,(H,15,16,17);3-5H,1-2H3/b6-5-;;4-3-. The van der Waals surface area contributed by atoms with Gasteiger partial charge in [-0.3, -0.25) is 5.10 Å². The minimum atomic E-state index is -4.49. The Morgan fingerprint density at radius 3 is 2.06 bits per heavy atom. The lowest BCUT2D eigenvalue weighted by atomic mass is 10.1. The minimum absolute atomic E-state index is 0.0231. The topological polar surface area (TPSA) is 134 Å². The Balaban J connectivity index is 0.000000273. The molecule has 0 aliphatic carbocycles. The van der Waals surface area contributed by atoms with Crippen LogP contribution in [-0.4, -0.2) is 54.1 Å². The summed E-state index contributed by atoms with van der Waals surface area (Å²) in [5.41, 5.74) is 1.49. The van der Waals surface area contributed by atoms with E-state index in [-0.39, 0.29) is 35.3 Å².